The van der Waals surface area contributed by atoms with Crippen LogP contribution in [0, 0.1) is 0 Å². The SMILES string of the molecule is CCC[N+]1=C(C=CC=CC=C2N(CCCS(=O)(=O)O)c3ccc4c(S(=O)(=O)N(C)CCCC(=O)NCc5ccc(NS(=O)O)cc5)cccc4c3C2(C)C)C(C)(C)c2c1ccc1c(S(=O)(=O)O)cc(S(=O)(=O)O)cc21. The molecular formula is C51H60N5O14S5+. The Bertz CT molecular complexity index is 3720. The number of allylic oxidation sites excluding steroid dienone is 6. The van der Waals surface area contributed by atoms with E-state index in [0.29, 0.717) is 40.7 Å². The highest BCUT2D eigenvalue weighted by atomic mass is 32.2. The lowest BCUT2D eigenvalue weighted by atomic mass is 9.79. The number of rotatable bonds is 21. The summed E-state index contributed by atoms with van der Waals surface area (Å²) < 4.78 is 157. The lowest BCUT2D eigenvalue weighted by Crippen LogP contribution is -2.30. The van der Waals surface area contributed by atoms with Crippen LogP contribution >= 0.6 is 0 Å². The number of benzene rings is 5. The van der Waals surface area contributed by atoms with E-state index in [9.17, 15) is 56.3 Å². The van der Waals surface area contributed by atoms with E-state index in [1.165, 1.54) is 29.6 Å². The third-order valence-electron chi connectivity index (χ3n) is 13.5. The minimum atomic E-state index is -4.92. The van der Waals surface area contributed by atoms with Gasteiger partial charge in [0.1, 0.15) is 11.4 Å². The molecule has 2 heterocycles. The molecule has 75 heavy (non-hydrogen) atoms. The molecule has 5 aromatic rings. The van der Waals surface area contributed by atoms with Crippen LogP contribution in [-0.2, 0) is 73.8 Å². The highest BCUT2D eigenvalue weighted by Crippen LogP contribution is 2.52. The molecule has 24 heteroatoms. The van der Waals surface area contributed by atoms with Crippen molar-refractivity contribution in [3.63, 3.8) is 0 Å². The fraction of sp³-hybridized carbons (Fsp3) is 0.333. The van der Waals surface area contributed by atoms with Crippen LogP contribution in [0.3, 0.4) is 0 Å². The summed E-state index contributed by atoms with van der Waals surface area (Å²) in [4.78, 5) is 13.4. The molecule has 0 fully saturated rings. The number of nitrogens with one attached hydrogen (secondary N) is 2. The Labute approximate surface area is 440 Å². The van der Waals surface area contributed by atoms with Gasteiger partial charge in [0, 0.05) is 90.5 Å². The van der Waals surface area contributed by atoms with E-state index in [1.54, 1.807) is 54.6 Å². The van der Waals surface area contributed by atoms with Crippen molar-refractivity contribution in [2.24, 2.45) is 0 Å². The Morgan fingerprint density at radius 2 is 1.45 bits per heavy atom. The van der Waals surface area contributed by atoms with Crippen molar-refractivity contribution in [2.75, 3.05) is 42.1 Å². The maximum atomic E-state index is 14.3. The van der Waals surface area contributed by atoms with Crippen molar-refractivity contribution in [3.8, 4) is 0 Å². The molecule has 0 radical (unpaired) electrons. The number of fused-ring (bicyclic) bond motifs is 6. The van der Waals surface area contributed by atoms with Crippen LogP contribution in [0.15, 0.2) is 130 Å². The third kappa shape index (κ3) is 12.1. The van der Waals surface area contributed by atoms with Crippen molar-refractivity contribution in [3.05, 3.63) is 132 Å². The van der Waals surface area contributed by atoms with Crippen LogP contribution in [-0.4, -0.2) is 109 Å². The van der Waals surface area contributed by atoms with Gasteiger partial charge in [0.25, 0.3) is 41.6 Å². The van der Waals surface area contributed by atoms with Gasteiger partial charge in [0.15, 0.2) is 5.71 Å². The molecule has 7 rings (SSSR count). The van der Waals surface area contributed by atoms with Gasteiger partial charge in [-0.2, -0.15) is 29.8 Å². The average Bonchev–Trinajstić information content (AvgIpc) is 3.67. The maximum Gasteiger partial charge on any atom is 0.295 e. The van der Waals surface area contributed by atoms with E-state index < -0.39 is 78.0 Å². The molecule has 0 saturated carbocycles. The molecule has 5 aromatic carbocycles. The summed E-state index contributed by atoms with van der Waals surface area (Å²) in [7, 11) is -16.7. The monoisotopic (exact) mass is 1130 g/mol. The number of sulfonamides is 1. The zero-order valence-electron chi connectivity index (χ0n) is 42.0. The van der Waals surface area contributed by atoms with Crippen molar-refractivity contribution in [2.45, 2.75) is 92.4 Å². The van der Waals surface area contributed by atoms with E-state index in [2.05, 4.69) is 10.0 Å². The van der Waals surface area contributed by atoms with Gasteiger partial charge in [-0.1, -0.05) is 69.3 Å². The summed E-state index contributed by atoms with van der Waals surface area (Å²) >= 11 is -2.22. The van der Waals surface area contributed by atoms with Crippen LogP contribution in [0.1, 0.15) is 77.0 Å². The molecule has 2 aliphatic rings. The number of hydrogen-bond donors (Lipinski definition) is 6. The smallest absolute Gasteiger partial charge is 0.295 e. The van der Waals surface area contributed by atoms with Gasteiger partial charge in [-0.3, -0.25) is 27.7 Å². The van der Waals surface area contributed by atoms with Crippen LogP contribution in [0.25, 0.3) is 21.5 Å². The molecule has 1 unspecified atom stereocenters. The topological polar surface area (TPSA) is 285 Å². The quantitative estimate of drug-likeness (QED) is 0.0178. The standard InChI is InChI=1S/C51H59N5O14S5/c1-7-27-55-42-26-24-38-40(31-36(74(65,66)67)32-44(38)75(68,69)70)49(42)51(4,5)45(55)16-9-8-10-17-46-50(2,3)48-39-14-11-15-43(37(39)23-25-41(48)56(46)29-13-30-72(60,61)62)73(63,64)54(6)28-12-18-47(57)52-33-34-19-21-35(22-20-34)53-71(58)59/h8-11,14-17,19-26,31-32,53H,7,12-13,18,27-30,33H2,1-6H3,(H4-,52,57,58,59,60,61,62,65,66,67,68,69,70)/p+1. The normalized spacial score (nSPS) is 16.7. The molecular weight excluding hydrogens is 1070 g/mol. The van der Waals surface area contributed by atoms with Gasteiger partial charge in [-0.25, -0.2) is 16.9 Å². The van der Waals surface area contributed by atoms with Gasteiger partial charge in [0.05, 0.1) is 21.0 Å². The zero-order valence-corrected chi connectivity index (χ0v) is 46.1. The van der Waals surface area contributed by atoms with Crippen LogP contribution in [0.2, 0.25) is 0 Å². The second kappa shape index (κ2) is 21.8. The molecule has 0 bridgehead atoms. The molecule has 0 spiro atoms. The predicted octanol–water partition coefficient (Wildman–Crippen LogP) is 7.61. The summed E-state index contributed by atoms with van der Waals surface area (Å²) in [6, 6.07) is 20.3. The number of carbonyl (C=O) groups excluding carboxylic acids is 1. The summed E-state index contributed by atoms with van der Waals surface area (Å²) in [5, 5.41) is 4.22. The van der Waals surface area contributed by atoms with E-state index in [0.717, 1.165) is 34.3 Å². The summed E-state index contributed by atoms with van der Waals surface area (Å²) in [6.07, 6.45) is 10.3. The second-order valence-electron chi connectivity index (χ2n) is 19.4. The molecule has 6 N–H and O–H groups in total. The predicted molar refractivity (Wildman–Crippen MR) is 290 cm³/mol. The Hall–Kier alpha value is -5.67. The Kier molecular flexibility index (Phi) is 16.5. The first kappa shape index (κ1) is 57.0. The molecule has 1 amide bonds. The molecule has 0 aliphatic carbocycles. The highest BCUT2D eigenvalue weighted by Gasteiger charge is 2.46. The average molecular weight is 1130 g/mol. The fourth-order valence-electron chi connectivity index (χ4n) is 10.1. The van der Waals surface area contributed by atoms with Crippen LogP contribution in [0.4, 0.5) is 17.1 Å². The number of anilines is 2. The summed E-state index contributed by atoms with van der Waals surface area (Å²) in [5.74, 6) is -0.775. The number of amides is 1. The zero-order chi connectivity index (χ0) is 55.1. The fourth-order valence-corrected chi connectivity index (χ4v) is 13.7. The Morgan fingerprint density at radius 1 is 0.773 bits per heavy atom. The van der Waals surface area contributed by atoms with Gasteiger partial charge >= 0.3 is 0 Å². The number of carbonyl (C=O) groups is 1. The summed E-state index contributed by atoms with van der Waals surface area (Å²) in [6.45, 7) is 10.7. The molecule has 0 saturated heterocycles. The Balaban J connectivity index is 1.16. The first-order valence-electron chi connectivity index (χ1n) is 23.7. The first-order valence-corrected chi connectivity index (χ1v) is 30.8. The highest BCUT2D eigenvalue weighted by molar-refractivity contribution is 7.89. The molecule has 0 aromatic heterocycles. The van der Waals surface area contributed by atoms with Gasteiger partial charge < -0.3 is 10.2 Å². The molecule has 2 aliphatic heterocycles. The summed E-state index contributed by atoms with van der Waals surface area (Å²) in [5.41, 5.74) is 3.89. The van der Waals surface area contributed by atoms with Crippen molar-refractivity contribution in [1.82, 2.24) is 9.62 Å². The minimum Gasteiger partial charge on any atom is -0.352 e. The molecule has 1 atom stereocenters. The van der Waals surface area contributed by atoms with Gasteiger partial charge in [-0.05, 0) is 97.1 Å². The molecule has 19 nitrogen and oxygen atoms in total. The van der Waals surface area contributed by atoms with Crippen LogP contribution in [0.5, 0.6) is 0 Å². The van der Waals surface area contributed by atoms with E-state index >= 15 is 0 Å². The lowest BCUT2D eigenvalue weighted by Gasteiger charge is -2.27. The van der Waals surface area contributed by atoms with Crippen molar-refractivity contribution < 1.29 is 65.5 Å². The van der Waals surface area contributed by atoms with E-state index in [4.69, 9.17) is 4.55 Å². The van der Waals surface area contributed by atoms with Crippen LogP contribution < -0.4 is 14.9 Å². The first-order chi connectivity index (χ1) is 35.0. The maximum absolute atomic E-state index is 14.3. The van der Waals surface area contributed by atoms with E-state index in [1.807, 2.05) is 74.5 Å². The number of nitrogens with zero attached hydrogens (tertiary/aromatic N) is 3. The Morgan fingerprint density at radius 3 is 2.09 bits per heavy atom. The van der Waals surface area contributed by atoms with Crippen molar-refractivity contribution >= 4 is 102 Å². The second-order valence-corrected chi connectivity index (χ2v) is 26.5. The van der Waals surface area contributed by atoms with E-state index in [-0.39, 0.29) is 60.5 Å². The lowest BCUT2D eigenvalue weighted by molar-refractivity contribution is -0.437. The largest absolute Gasteiger partial charge is 0.352 e. The van der Waals surface area contributed by atoms with Crippen molar-refractivity contribution in [1.29, 1.82) is 0 Å². The minimum absolute atomic E-state index is 0.0451. The third-order valence-corrected chi connectivity index (χ3v) is 18.3. The molecule has 402 valence electrons. The number of hydrogen-bond acceptors (Lipinski definition) is 11. The van der Waals surface area contributed by atoms with Gasteiger partial charge in [-0.15, -0.1) is 0 Å². The van der Waals surface area contributed by atoms with Gasteiger partial charge in [0.2, 0.25) is 21.6 Å².